The van der Waals surface area contributed by atoms with Gasteiger partial charge in [0, 0.05) is 19.2 Å². The van der Waals surface area contributed by atoms with Gasteiger partial charge in [0.2, 0.25) is 0 Å². The number of halogens is 1. The molecule has 98 valence electrons. The lowest BCUT2D eigenvalue weighted by Crippen LogP contribution is -2.43. The van der Waals surface area contributed by atoms with Gasteiger partial charge in [0.05, 0.1) is 0 Å². The molecular formula is C14H18FNO2. The van der Waals surface area contributed by atoms with Crippen molar-refractivity contribution in [2.24, 2.45) is 0 Å². The van der Waals surface area contributed by atoms with Crippen LogP contribution in [0, 0.1) is 5.82 Å². The fourth-order valence-corrected chi connectivity index (χ4v) is 2.17. The van der Waals surface area contributed by atoms with E-state index in [9.17, 15) is 9.18 Å². The fourth-order valence-electron chi connectivity index (χ4n) is 2.17. The highest BCUT2D eigenvalue weighted by Gasteiger charge is 2.23. The Hall–Kier alpha value is -1.58. The predicted molar refractivity (Wildman–Crippen MR) is 66.9 cm³/mol. The zero-order chi connectivity index (χ0) is 13.0. The fraction of sp³-hybridized carbons (Fsp3) is 0.500. The summed E-state index contributed by atoms with van der Waals surface area (Å²) in [5.74, 6) is 0.0249. The molecule has 1 aromatic carbocycles. The highest BCUT2D eigenvalue weighted by molar-refractivity contribution is 5.81. The number of nitrogens with zero attached hydrogens (tertiary/aromatic N) is 1. The van der Waals surface area contributed by atoms with E-state index in [-0.39, 0.29) is 11.7 Å². The molecule has 0 spiro atoms. The summed E-state index contributed by atoms with van der Waals surface area (Å²) in [4.78, 5) is 13.9. The first-order valence-electron chi connectivity index (χ1n) is 6.38. The van der Waals surface area contributed by atoms with Crippen LogP contribution in [0.1, 0.15) is 26.2 Å². The topological polar surface area (TPSA) is 29.5 Å². The maximum Gasteiger partial charge on any atom is 0.263 e. The van der Waals surface area contributed by atoms with E-state index >= 15 is 0 Å². The van der Waals surface area contributed by atoms with E-state index in [0.717, 1.165) is 25.9 Å². The average Bonchev–Trinajstić information content (AvgIpc) is 2.39. The van der Waals surface area contributed by atoms with Crippen LogP contribution in [0.15, 0.2) is 24.3 Å². The third-order valence-electron chi connectivity index (χ3n) is 3.12. The number of likely N-dealkylation sites (tertiary alicyclic amines) is 1. The molecule has 18 heavy (non-hydrogen) atoms. The normalized spacial score (nSPS) is 17.3. The monoisotopic (exact) mass is 251 g/mol. The Kier molecular flexibility index (Phi) is 4.18. The minimum Gasteiger partial charge on any atom is -0.481 e. The van der Waals surface area contributed by atoms with E-state index < -0.39 is 6.10 Å². The summed E-state index contributed by atoms with van der Waals surface area (Å²) in [6, 6.07) is 5.87. The molecule has 0 bridgehead atoms. The molecule has 4 heteroatoms. The molecule has 1 heterocycles. The van der Waals surface area contributed by atoms with Crippen molar-refractivity contribution < 1.29 is 13.9 Å². The van der Waals surface area contributed by atoms with Crippen molar-refractivity contribution in [1.82, 2.24) is 4.90 Å². The second-order valence-electron chi connectivity index (χ2n) is 4.60. The molecule has 1 unspecified atom stereocenters. The van der Waals surface area contributed by atoms with Gasteiger partial charge in [-0.2, -0.15) is 0 Å². The Morgan fingerprint density at radius 3 is 2.72 bits per heavy atom. The van der Waals surface area contributed by atoms with E-state index in [0.29, 0.717) is 5.75 Å². The number of carbonyl (C=O) groups excluding carboxylic acids is 1. The zero-order valence-corrected chi connectivity index (χ0v) is 10.6. The zero-order valence-electron chi connectivity index (χ0n) is 10.6. The largest absolute Gasteiger partial charge is 0.481 e. The molecule has 1 atom stereocenters. The van der Waals surface area contributed by atoms with Gasteiger partial charge in [-0.15, -0.1) is 0 Å². The van der Waals surface area contributed by atoms with Crippen molar-refractivity contribution in [2.45, 2.75) is 32.3 Å². The summed E-state index contributed by atoms with van der Waals surface area (Å²) in [6.07, 6.45) is 2.73. The van der Waals surface area contributed by atoms with Gasteiger partial charge < -0.3 is 9.64 Å². The maximum absolute atomic E-state index is 13.0. The lowest BCUT2D eigenvalue weighted by atomic mass is 10.1. The van der Waals surface area contributed by atoms with Gasteiger partial charge in [0.1, 0.15) is 11.6 Å². The summed E-state index contributed by atoms with van der Waals surface area (Å²) in [5.41, 5.74) is 0. The molecule has 0 aromatic heterocycles. The molecule has 3 nitrogen and oxygen atoms in total. The van der Waals surface area contributed by atoms with Crippen LogP contribution in [0.2, 0.25) is 0 Å². The van der Waals surface area contributed by atoms with Crippen LogP contribution in [-0.4, -0.2) is 30.0 Å². The van der Waals surface area contributed by atoms with Crippen LogP contribution in [0.4, 0.5) is 4.39 Å². The summed E-state index contributed by atoms with van der Waals surface area (Å²) in [7, 11) is 0. The number of hydrogen-bond acceptors (Lipinski definition) is 2. The molecule has 1 aliphatic rings. The lowest BCUT2D eigenvalue weighted by Gasteiger charge is -2.29. The molecule has 0 saturated carbocycles. The van der Waals surface area contributed by atoms with Crippen molar-refractivity contribution in [1.29, 1.82) is 0 Å². The smallest absolute Gasteiger partial charge is 0.263 e. The van der Waals surface area contributed by atoms with Gasteiger partial charge in [-0.1, -0.05) is 6.07 Å². The average molecular weight is 251 g/mol. The molecule has 1 saturated heterocycles. The predicted octanol–water partition coefficient (Wildman–Crippen LogP) is 2.61. The molecule has 1 aliphatic heterocycles. The standard InChI is InChI=1S/C14H18FNO2/c1-11(14(17)16-8-3-2-4-9-16)18-13-7-5-6-12(15)10-13/h5-7,10-11H,2-4,8-9H2,1H3. The molecule has 0 radical (unpaired) electrons. The Morgan fingerprint density at radius 2 is 2.06 bits per heavy atom. The van der Waals surface area contributed by atoms with E-state index in [1.54, 1.807) is 19.1 Å². The van der Waals surface area contributed by atoms with E-state index in [1.165, 1.54) is 18.6 Å². The highest BCUT2D eigenvalue weighted by Crippen LogP contribution is 2.16. The van der Waals surface area contributed by atoms with Gasteiger partial charge in [0.25, 0.3) is 5.91 Å². The minimum absolute atomic E-state index is 0.0149. The number of hydrogen-bond donors (Lipinski definition) is 0. The second kappa shape index (κ2) is 5.85. The van der Waals surface area contributed by atoms with Crippen LogP contribution in [0.5, 0.6) is 5.75 Å². The first-order chi connectivity index (χ1) is 8.66. The summed E-state index contributed by atoms with van der Waals surface area (Å²) in [6.45, 7) is 3.31. The first-order valence-corrected chi connectivity index (χ1v) is 6.38. The first kappa shape index (κ1) is 12.9. The number of benzene rings is 1. The number of carbonyl (C=O) groups is 1. The number of ether oxygens (including phenoxy) is 1. The molecular weight excluding hydrogens is 233 g/mol. The van der Waals surface area contributed by atoms with E-state index in [1.807, 2.05) is 4.90 Å². The third kappa shape index (κ3) is 3.22. The van der Waals surface area contributed by atoms with Crippen LogP contribution < -0.4 is 4.74 Å². The second-order valence-corrected chi connectivity index (χ2v) is 4.60. The van der Waals surface area contributed by atoms with Crippen LogP contribution in [-0.2, 0) is 4.79 Å². The maximum atomic E-state index is 13.0. The van der Waals surface area contributed by atoms with Gasteiger partial charge in [-0.3, -0.25) is 4.79 Å². The third-order valence-corrected chi connectivity index (χ3v) is 3.12. The Labute approximate surface area is 107 Å². The quantitative estimate of drug-likeness (QED) is 0.826. The van der Waals surface area contributed by atoms with E-state index in [2.05, 4.69) is 0 Å². The lowest BCUT2D eigenvalue weighted by molar-refractivity contribution is -0.138. The summed E-state index contributed by atoms with van der Waals surface area (Å²) < 4.78 is 18.5. The number of piperidine rings is 1. The molecule has 1 fully saturated rings. The Balaban J connectivity index is 1.94. The molecule has 0 N–H and O–H groups in total. The SMILES string of the molecule is CC(Oc1cccc(F)c1)C(=O)N1CCCCC1. The van der Waals surface area contributed by atoms with Crippen LogP contribution in [0.25, 0.3) is 0 Å². The van der Waals surface area contributed by atoms with Crippen molar-refractivity contribution >= 4 is 5.91 Å². The molecule has 2 rings (SSSR count). The van der Waals surface area contributed by atoms with E-state index in [4.69, 9.17) is 4.74 Å². The minimum atomic E-state index is -0.565. The van der Waals surface area contributed by atoms with Crippen molar-refractivity contribution in [2.75, 3.05) is 13.1 Å². The highest BCUT2D eigenvalue weighted by atomic mass is 19.1. The Bertz CT molecular complexity index is 416. The summed E-state index contributed by atoms with van der Waals surface area (Å²) >= 11 is 0. The Morgan fingerprint density at radius 1 is 1.33 bits per heavy atom. The van der Waals surface area contributed by atoms with Gasteiger partial charge in [-0.25, -0.2) is 4.39 Å². The van der Waals surface area contributed by atoms with Crippen LogP contribution in [0.3, 0.4) is 0 Å². The van der Waals surface area contributed by atoms with Gasteiger partial charge in [-0.05, 0) is 38.3 Å². The number of amides is 1. The van der Waals surface area contributed by atoms with Crippen molar-refractivity contribution in [3.05, 3.63) is 30.1 Å². The van der Waals surface area contributed by atoms with Crippen molar-refractivity contribution in [3.63, 3.8) is 0 Å². The molecule has 1 aromatic rings. The molecule has 1 amide bonds. The van der Waals surface area contributed by atoms with Crippen LogP contribution >= 0.6 is 0 Å². The summed E-state index contributed by atoms with van der Waals surface area (Å²) in [5, 5.41) is 0. The molecule has 0 aliphatic carbocycles. The van der Waals surface area contributed by atoms with Crippen molar-refractivity contribution in [3.8, 4) is 5.75 Å². The van der Waals surface area contributed by atoms with Gasteiger partial charge >= 0.3 is 0 Å². The van der Waals surface area contributed by atoms with Gasteiger partial charge in [0.15, 0.2) is 6.10 Å². The number of rotatable bonds is 3.